The number of halogens is 2. The molecule has 2 aromatic rings. The highest BCUT2D eigenvalue weighted by Crippen LogP contribution is 2.25. The molecule has 1 N–H and O–H groups in total. The summed E-state index contributed by atoms with van der Waals surface area (Å²) >= 11 is 9.45. The van der Waals surface area contributed by atoms with Crippen LogP contribution in [0.2, 0.25) is 5.02 Å². The number of carbonyl (C=O) groups is 1. The second kappa shape index (κ2) is 8.13. The van der Waals surface area contributed by atoms with Crippen molar-refractivity contribution in [3.05, 3.63) is 62.6 Å². The minimum atomic E-state index is -0.330. The largest absolute Gasteiger partial charge is 0.484 e. The molecule has 0 fully saturated rings. The van der Waals surface area contributed by atoms with E-state index in [1.165, 1.54) is 0 Å². The van der Waals surface area contributed by atoms with E-state index < -0.39 is 0 Å². The van der Waals surface area contributed by atoms with E-state index >= 15 is 0 Å². The summed E-state index contributed by atoms with van der Waals surface area (Å²) < 4.78 is 6.44. The molecule has 0 aliphatic rings. The molecule has 0 unspecified atom stereocenters. The molecule has 2 rings (SSSR count). The Kier molecular flexibility index (Phi) is 6.19. The highest BCUT2D eigenvalue weighted by atomic mass is 79.9. The maximum Gasteiger partial charge on any atom is 0.277 e. The number of nitrogens with zero attached hydrogens (tertiary/aromatic N) is 1. The third-order valence-corrected chi connectivity index (χ3v) is 4.18. The van der Waals surface area contributed by atoms with Crippen LogP contribution in [0.25, 0.3) is 0 Å². The molecule has 2 aromatic carbocycles. The number of hydrazone groups is 1. The van der Waals surface area contributed by atoms with Crippen molar-refractivity contribution >= 4 is 39.7 Å². The van der Waals surface area contributed by atoms with Crippen molar-refractivity contribution in [1.82, 2.24) is 5.43 Å². The van der Waals surface area contributed by atoms with Crippen LogP contribution in [-0.2, 0) is 4.79 Å². The van der Waals surface area contributed by atoms with Gasteiger partial charge in [-0.25, -0.2) is 5.43 Å². The molecule has 23 heavy (non-hydrogen) atoms. The highest BCUT2D eigenvalue weighted by Gasteiger charge is 2.06. The van der Waals surface area contributed by atoms with Crippen molar-refractivity contribution in [3.63, 3.8) is 0 Å². The zero-order chi connectivity index (χ0) is 16.8. The van der Waals surface area contributed by atoms with Crippen LogP contribution in [-0.4, -0.2) is 18.7 Å². The summed E-state index contributed by atoms with van der Waals surface area (Å²) in [6.45, 7) is 3.67. The van der Waals surface area contributed by atoms with Gasteiger partial charge in [0.2, 0.25) is 0 Å². The van der Waals surface area contributed by atoms with Crippen molar-refractivity contribution in [2.24, 2.45) is 5.10 Å². The molecule has 4 nitrogen and oxygen atoms in total. The minimum absolute atomic E-state index is 0.113. The van der Waals surface area contributed by atoms with Gasteiger partial charge < -0.3 is 4.74 Å². The van der Waals surface area contributed by atoms with Gasteiger partial charge in [-0.3, -0.25) is 4.79 Å². The molecule has 0 aromatic heterocycles. The van der Waals surface area contributed by atoms with E-state index in [9.17, 15) is 4.79 Å². The normalized spacial score (nSPS) is 10.8. The Morgan fingerprint density at radius 1 is 1.26 bits per heavy atom. The minimum Gasteiger partial charge on any atom is -0.484 e. The van der Waals surface area contributed by atoms with E-state index in [-0.39, 0.29) is 12.5 Å². The number of benzene rings is 2. The van der Waals surface area contributed by atoms with Gasteiger partial charge in [0.15, 0.2) is 6.61 Å². The van der Waals surface area contributed by atoms with Gasteiger partial charge in [0.05, 0.1) is 6.21 Å². The van der Waals surface area contributed by atoms with Crippen molar-refractivity contribution in [2.75, 3.05) is 6.61 Å². The van der Waals surface area contributed by atoms with Crippen LogP contribution in [0.5, 0.6) is 5.75 Å². The summed E-state index contributed by atoms with van der Waals surface area (Å²) in [6, 6.07) is 11.2. The predicted octanol–water partition coefficient (Wildman–Crippen LogP) is 4.25. The van der Waals surface area contributed by atoms with E-state index in [4.69, 9.17) is 16.3 Å². The highest BCUT2D eigenvalue weighted by molar-refractivity contribution is 9.10. The van der Waals surface area contributed by atoms with Crippen molar-refractivity contribution in [3.8, 4) is 5.75 Å². The number of nitrogens with one attached hydrogen (secondary N) is 1. The first-order valence-corrected chi connectivity index (χ1v) is 8.10. The van der Waals surface area contributed by atoms with E-state index in [0.29, 0.717) is 10.8 Å². The smallest absolute Gasteiger partial charge is 0.277 e. The molecule has 0 heterocycles. The monoisotopic (exact) mass is 394 g/mol. The predicted molar refractivity (Wildman–Crippen MR) is 96.3 cm³/mol. The van der Waals surface area contributed by atoms with Crippen LogP contribution in [0.15, 0.2) is 46.0 Å². The first kappa shape index (κ1) is 17.5. The maximum atomic E-state index is 11.7. The number of hydrogen-bond donors (Lipinski definition) is 1. The fourth-order valence-electron chi connectivity index (χ4n) is 1.90. The first-order chi connectivity index (χ1) is 11.0. The molecule has 0 saturated carbocycles. The summed E-state index contributed by atoms with van der Waals surface area (Å²) in [7, 11) is 0. The summed E-state index contributed by atoms with van der Waals surface area (Å²) in [5.74, 6) is 0.278. The van der Waals surface area contributed by atoms with Gasteiger partial charge >= 0.3 is 0 Å². The van der Waals surface area contributed by atoms with Crippen molar-refractivity contribution in [1.29, 1.82) is 0 Å². The van der Waals surface area contributed by atoms with Crippen LogP contribution < -0.4 is 10.2 Å². The van der Waals surface area contributed by atoms with Crippen LogP contribution >= 0.6 is 27.5 Å². The summed E-state index contributed by atoms with van der Waals surface area (Å²) in [5, 5.41) is 4.60. The molecule has 0 atom stereocenters. The molecule has 0 radical (unpaired) electrons. The van der Waals surface area contributed by atoms with Gasteiger partial charge in [-0.2, -0.15) is 5.10 Å². The second-order valence-electron chi connectivity index (χ2n) is 5.00. The molecule has 0 aliphatic carbocycles. The summed E-state index contributed by atoms with van der Waals surface area (Å²) in [6.07, 6.45) is 1.57. The fourth-order valence-corrected chi connectivity index (χ4v) is 2.27. The van der Waals surface area contributed by atoms with Gasteiger partial charge in [-0.1, -0.05) is 39.7 Å². The van der Waals surface area contributed by atoms with Crippen molar-refractivity contribution in [2.45, 2.75) is 13.8 Å². The van der Waals surface area contributed by atoms with Gasteiger partial charge in [0.25, 0.3) is 5.91 Å². The lowest BCUT2D eigenvalue weighted by Crippen LogP contribution is -2.24. The van der Waals surface area contributed by atoms with E-state index in [0.717, 1.165) is 21.2 Å². The second-order valence-corrected chi connectivity index (χ2v) is 6.30. The zero-order valence-corrected chi connectivity index (χ0v) is 15.1. The van der Waals surface area contributed by atoms with Crippen LogP contribution in [0.3, 0.4) is 0 Å². The van der Waals surface area contributed by atoms with Crippen molar-refractivity contribution < 1.29 is 9.53 Å². The molecule has 0 spiro atoms. The standard InChI is InChI=1S/C17H16BrClN2O2/c1-11-7-15(8-12(2)17(11)19)23-10-16(22)21-20-9-13-3-5-14(18)6-4-13/h3-9H,10H2,1-2H3,(H,21,22). The third-order valence-electron chi connectivity index (χ3n) is 3.05. The Hall–Kier alpha value is -1.85. The van der Waals surface area contributed by atoms with E-state index in [1.807, 2.05) is 38.1 Å². The molecule has 120 valence electrons. The maximum absolute atomic E-state index is 11.7. The average molecular weight is 396 g/mol. The Morgan fingerprint density at radius 3 is 2.48 bits per heavy atom. The number of ether oxygens (including phenoxy) is 1. The Bertz CT molecular complexity index is 707. The molecule has 0 bridgehead atoms. The molecule has 0 aliphatic heterocycles. The number of carbonyl (C=O) groups excluding carboxylic acids is 1. The van der Waals surface area contributed by atoms with Crippen LogP contribution in [0.1, 0.15) is 16.7 Å². The fraction of sp³-hybridized carbons (Fsp3) is 0.176. The van der Waals surface area contributed by atoms with Crippen LogP contribution in [0, 0.1) is 13.8 Å². The average Bonchev–Trinajstić information content (AvgIpc) is 2.52. The SMILES string of the molecule is Cc1cc(OCC(=O)NN=Cc2ccc(Br)cc2)cc(C)c1Cl. The first-order valence-electron chi connectivity index (χ1n) is 6.92. The molecular weight excluding hydrogens is 380 g/mol. The van der Waals surface area contributed by atoms with Crippen LogP contribution in [0.4, 0.5) is 0 Å². The number of hydrogen-bond acceptors (Lipinski definition) is 3. The van der Waals surface area contributed by atoms with E-state index in [1.54, 1.807) is 18.3 Å². The van der Waals surface area contributed by atoms with Gasteiger partial charge in [0, 0.05) is 9.50 Å². The lowest BCUT2D eigenvalue weighted by Gasteiger charge is -2.09. The summed E-state index contributed by atoms with van der Waals surface area (Å²) in [5.41, 5.74) is 5.14. The Balaban J connectivity index is 1.84. The molecular formula is C17H16BrClN2O2. The van der Waals surface area contributed by atoms with Gasteiger partial charge in [-0.15, -0.1) is 0 Å². The molecule has 0 saturated heterocycles. The Morgan fingerprint density at radius 2 is 1.87 bits per heavy atom. The quantitative estimate of drug-likeness (QED) is 0.608. The number of amides is 1. The number of aryl methyl sites for hydroxylation is 2. The van der Waals surface area contributed by atoms with Gasteiger partial charge in [0.1, 0.15) is 5.75 Å². The molecule has 6 heteroatoms. The van der Waals surface area contributed by atoms with Gasteiger partial charge in [-0.05, 0) is 54.8 Å². The zero-order valence-electron chi connectivity index (χ0n) is 12.8. The third kappa shape index (κ3) is 5.37. The summed E-state index contributed by atoms with van der Waals surface area (Å²) in [4.78, 5) is 11.7. The number of rotatable bonds is 5. The van der Waals surface area contributed by atoms with E-state index in [2.05, 4.69) is 26.5 Å². The lowest BCUT2D eigenvalue weighted by molar-refractivity contribution is -0.123. The Labute approximate surface area is 148 Å². The molecule has 1 amide bonds. The lowest BCUT2D eigenvalue weighted by atomic mass is 10.1. The topological polar surface area (TPSA) is 50.7 Å².